The largest absolute Gasteiger partial charge is 0.497 e. The Balaban J connectivity index is 2.01. The summed E-state index contributed by atoms with van der Waals surface area (Å²) in [5, 5.41) is 14.5. The quantitative estimate of drug-likeness (QED) is 0.0606. The summed E-state index contributed by atoms with van der Waals surface area (Å²) in [6.07, 6.45) is 2.05. The summed E-state index contributed by atoms with van der Waals surface area (Å²) in [6, 6.07) is 33.0. The summed E-state index contributed by atoms with van der Waals surface area (Å²) in [6.45, 7) is 32.6. The Kier molecular flexibility index (Phi) is 22.5. The Hall–Kier alpha value is -2.82. The molecule has 0 unspecified atom stereocenters. The molecular formula is C55H88O6Si3. The number of carbonyl (C=O) groups is 1. The van der Waals surface area contributed by atoms with Gasteiger partial charge in [-0.05, 0) is 75.9 Å². The van der Waals surface area contributed by atoms with Crippen molar-refractivity contribution in [2.45, 2.75) is 176 Å². The number of rotatable bonds is 27. The first-order chi connectivity index (χ1) is 30.2. The van der Waals surface area contributed by atoms with Crippen LogP contribution in [-0.4, -0.2) is 67.6 Å². The van der Waals surface area contributed by atoms with Gasteiger partial charge in [-0.2, -0.15) is 0 Å². The van der Waals surface area contributed by atoms with Crippen LogP contribution in [0.3, 0.4) is 0 Å². The number of carbonyl (C=O) groups excluding carboxylic acids is 1. The maximum absolute atomic E-state index is 13.7. The minimum atomic E-state index is -2.73. The molecule has 1 N–H and O–H groups in total. The van der Waals surface area contributed by atoms with E-state index in [1.807, 2.05) is 31.2 Å². The molecule has 0 aliphatic carbocycles. The molecule has 3 aromatic carbocycles. The number of aliphatic hydroxyl groups excluding tert-OH is 1. The summed E-state index contributed by atoms with van der Waals surface area (Å²) < 4.78 is 27.6. The number of ketones is 1. The number of methoxy groups -OCH3 is 1. The first kappa shape index (κ1) is 55.5. The molecule has 0 radical (unpaired) electrons. The molecule has 0 heterocycles. The minimum Gasteiger partial charge on any atom is -0.497 e. The molecule has 3 rings (SSSR count). The molecule has 0 aliphatic rings. The number of benzene rings is 3. The van der Waals surface area contributed by atoms with E-state index >= 15 is 0 Å². The number of ether oxygens (including phenoxy) is 2. The van der Waals surface area contributed by atoms with Crippen molar-refractivity contribution in [3.8, 4) is 17.2 Å². The van der Waals surface area contributed by atoms with Gasteiger partial charge in [-0.3, -0.25) is 4.79 Å². The third-order valence-corrected chi connectivity index (χ3v) is 24.6. The van der Waals surface area contributed by atoms with Crippen LogP contribution in [0, 0.1) is 41.1 Å². The highest BCUT2D eigenvalue weighted by Gasteiger charge is 2.50. The van der Waals surface area contributed by atoms with E-state index in [0.717, 1.165) is 42.3 Å². The van der Waals surface area contributed by atoms with Gasteiger partial charge in [0.2, 0.25) is 0 Å². The number of hydrogen-bond donors (Lipinski definition) is 1. The molecule has 64 heavy (non-hydrogen) atoms. The lowest BCUT2D eigenvalue weighted by Crippen LogP contribution is -2.66. The summed E-state index contributed by atoms with van der Waals surface area (Å²) >= 11 is 0. The molecule has 0 saturated heterocycles. The fourth-order valence-corrected chi connectivity index (χ4v) is 17.8. The Morgan fingerprint density at radius 3 is 1.78 bits per heavy atom. The molecule has 0 bridgehead atoms. The van der Waals surface area contributed by atoms with Crippen molar-refractivity contribution in [1.29, 1.82) is 0 Å². The molecule has 0 amide bonds. The van der Waals surface area contributed by atoms with Crippen molar-refractivity contribution in [1.82, 2.24) is 0 Å². The topological polar surface area (TPSA) is 74.2 Å². The summed E-state index contributed by atoms with van der Waals surface area (Å²) in [5.74, 6) is 4.10. The third kappa shape index (κ3) is 15.6. The molecule has 0 aliphatic heterocycles. The molecule has 8 atom stereocenters. The first-order valence-corrected chi connectivity index (χ1v) is 32.5. The Morgan fingerprint density at radius 2 is 1.31 bits per heavy atom. The van der Waals surface area contributed by atoms with Crippen molar-refractivity contribution in [2.24, 2.45) is 29.6 Å². The van der Waals surface area contributed by atoms with Crippen molar-refractivity contribution in [3.05, 3.63) is 90.5 Å². The number of hydrogen-bond acceptors (Lipinski definition) is 6. The van der Waals surface area contributed by atoms with E-state index in [1.54, 1.807) is 7.11 Å². The van der Waals surface area contributed by atoms with Gasteiger partial charge in [0.25, 0.3) is 8.32 Å². The highest BCUT2D eigenvalue weighted by atomic mass is 28.4. The second kappa shape index (κ2) is 25.9. The van der Waals surface area contributed by atoms with Gasteiger partial charge >= 0.3 is 0 Å². The predicted molar refractivity (Wildman–Crippen MR) is 278 cm³/mol. The van der Waals surface area contributed by atoms with Gasteiger partial charge in [0, 0.05) is 37.2 Å². The third-order valence-electron chi connectivity index (χ3n) is 14.0. The highest BCUT2D eigenvalue weighted by molar-refractivity contribution is 6.99. The van der Waals surface area contributed by atoms with Gasteiger partial charge in [-0.1, -0.05) is 175 Å². The van der Waals surface area contributed by atoms with Gasteiger partial charge in [-0.15, -0.1) is 11.5 Å². The Labute approximate surface area is 394 Å². The average Bonchev–Trinajstić information content (AvgIpc) is 3.28. The maximum atomic E-state index is 13.7. The molecule has 3 aromatic rings. The first-order valence-electron chi connectivity index (χ1n) is 24.6. The summed E-state index contributed by atoms with van der Waals surface area (Å²) in [4.78, 5) is 13.7. The summed E-state index contributed by atoms with van der Waals surface area (Å²) in [5.41, 5.74) is 4.45. The van der Waals surface area contributed by atoms with Gasteiger partial charge < -0.3 is 23.4 Å². The van der Waals surface area contributed by atoms with E-state index < -0.39 is 30.8 Å². The van der Waals surface area contributed by atoms with Crippen LogP contribution in [0.5, 0.6) is 5.75 Å². The van der Waals surface area contributed by atoms with Crippen LogP contribution in [0.25, 0.3) is 0 Å². The SMILES string of the molecule is CC[C@@H](CO[Si](c1ccccc1)(c1ccccc1)C(C)(C)C)C[C@H](C)[C@H](O[Si](CC)(CC)CC)[C@@H](C)[C@@H](OCc1ccc(OC)cc1)[C@@H](C)[C@@H](O)CC(=O)[C@@H](C)CCC#C[Si](C)(C)C. The Morgan fingerprint density at radius 1 is 0.766 bits per heavy atom. The molecule has 0 aromatic heterocycles. The van der Waals surface area contributed by atoms with E-state index in [4.69, 9.17) is 18.3 Å². The second-order valence-corrected chi connectivity index (χ2v) is 34.6. The normalized spacial score (nSPS) is 16.4. The smallest absolute Gasteiger partial charge is 0.261 e. The fraction of sp³-hybridized carbons (Fsp3) is 0.618. The molecule has 9 heteroatoms. The van der Waals surface area contributed by atoms with Crippen LogP contribution in [-0.2, 0) is 25.0 Å². The van der Waals surface area contributed by atoms with Gasteiger partial charge in [0.1, 0.15) is 19.6 Å². The molecule has 6 nitrogen and oxygen atoms in total. The van der Waals surface area contributed by atoms with E-state index in [2.05, 4.69) is 161 Å². The van der Waals surface area contributed by atoms with Crippen LogP contribution in [0.2, 0.25) is 42.8 Å². The predicted octanol–water partition coefficient (Wildman–Crippen LogP) is 12.5. The van der Waals surface area contributed by atoms with E-state index in [-0.39, 0.29) is 53.1 Å². The molecular weight excluding hydrogens is 841 g/mol. The summed E-state index contributed by atoms with van der Waals surface area (Å²) in [7, 11) is -4.65. The second-order valence-electron chi connectivity index (χ2n) is 20.9. The minimum absolute atomic E-state index is 0.0751. The van der Waals surface area contributed by atoms with Crippen LogP contribution in [0.1, 0.15) is 114 Å². The number of Topliss-reactive ketones (excluding diaryl/α,β-unsaturated/α-hetero) is 1. The zero-order valence-electron chi connectivity index (χ0n) is 42.8. The van der Waals surface area contributed by atoms with Crippen molar-refractivity contribution < 1.29 is 28.2 Å². The molecule has 0 saturated carbocycles. The molecule has 0 spiro atoms. The highest BCUT2D eigenvalue weighted by Crippen LogP contribution is 2.40. The molecule has 356 valence electrons. The number of aliphatic hydroxyl groups is 1. The van der Waals surface area contributed by atoms with Crippen molar-refractivity contribution in [2.75, 3.05) is 13.7 Å². The lowest BCUT2D eigenvalue weighted by molar-refractivity contribution is -0.129. The van der Waals surface area contributed by atoms with Crippen molar-refractivity contribution >= 4 is 40.9 Å². The fourth-order valence-electron chi connectivity index (χ4n) is 9.52. The van der Waals surface area contributed by atoms with E-state index in [1.165, 1.54) is 10.4 Å². The lowest BCUT2D eigenvalue weighted by Gasteiger charge is -2.45. The van der Waals surface area contributed by atoms with E-state index in [9.17, 15) is 9.90 Å². The van der Waals surface area contributed by atoms with Crippen LogP contribution < -0.4 is 15.1 Å². The standard InChI is InChI=1S/C55H88O6Si3/c1-16-46(41-60-64(55(9,10)11,49-29-22-20-23-30-49)50-31-24-21-25-32-50)38-43(6)53(61-63(17-2,18-3)19-4)45(8)54(59-40-47-33-35-48(58-12)36-34-47)44(7)52(57)39-51(56)42(5)28-26-27-37-62(13,14)15/h20-25,29-36,42-46,52-54,57H,16-19,26,28,38-41H2,1-15H3/t42-,43-,44-,45+,46+,52-,53-,54-/m0/s1. The van der Waals surface area contributed by atoms with Crippen LogP contribution in [0.15, 0.2) is 84.9 Å². The average molecular weight is 930 g/mol. The van der Waals surface area contributed by atoms with Crippen LogP contribution >= 0.6 is 0 Å². The Bertz CT molecular complexity index is 1790. The molecule has 0 fully saturated rings. The van der Waals surface area contributed by atoms with Gasteiger partial charge in [0.15, 0.2) is 8.32 Å². The van der Waals surface area contributed by atoms with Gasteiger partial charge in [0.05, 0.1) is 32.0 Å². The van der Waals surface area contributed by atoms with Crippen LogP contribution in [0.4, 0.5) is 0 Å². The van der Waals surface area contributed by atoms with Crippen molar-refractivity contribution in [3.63, 3.8) is 0 Å². The zero-order chi connectivity index (χ0) is 47.7. The lowest BCUT2D eigenvalue weighted by atomic mass is 9.78. The zero-order valence-corrected chi connectivity index (χ0v) is 45.8. The van der Waals surface area contributed by atoms with E-state index in [0.29, 0.717) is 32.0 Å². The van der Waals surface area contributed by atoms with Gasteiger partial charge in [-0.25, -0.2) is 0 Å². The maximum Gasteiger partial charge on any atom is 0.261 e. The monoisotopic (exact) mass is 929 g/mol.